The lowest BCUT2D eigenvalue weighted by Gasteiger charge is -2.28. The van der Waals surface area contributed by atoms with Crippen molar-refractivity contribution in [3.63, 3.8) is 0 Å². The molecule has 0 aliphatic carbocycles. The number of carbonyl (C=O) groups is 1. The zero-order chi connectivity index (χ0) is 20.1. The van der Waals surface area contributed by atoms with Crippen molar-refractivity contribution in [2.75, 3.05) is 37.7 Å². The number of anilines is 1. The molecule has 5 nitrogen and oxygen atoms in total. The first-order valence-electron chi connectivity index (χ1n) is 10.4. The van der Waals surface area contributed by atoms with Gasteiger partial charge in [-0.1, -0.05) is 30.3 Å². The molecule has 0 N–H and O–H groups in total. The molecule has 2 heterocycles. The Balaban J connectivity index is 1.50. The van der Waals surface area contributed by atoms with Gasteiger partial charge in [0.25, 0.3) is 0 Å². The monoisotopic (exact) mass is 392 g/mol. The summed E-state index contributed by atoms with van der Waals surface area (Å²) >= 11 is 0. The molecule has 2 aromatic rings. The average molecular weight is 392 g/mol. The number of fused-ring (bicyclic) bond motifs is 1. The van der Waals surface area contributed by atoms with E-state index in [2.05, 4.69) is 23.6 Å². The Kier molecular flexibility index (Phi) is 6.15. The predicted molar refractivity (Wildman–Crippen MR) is 115 cm³/mol. The SMILES string of the molecule is C=CCN(C(=O)CN1CCCC1c1ccc2c(c1)OCCCO2)c1ccccc1. The number of hydrogen-bond donors (Lipinski definition) is 0. The highest BCUT2D eigenvalue weighted by Crippen LogP contribution is 2.37. The first-order valence-corrected chi connectivity index (χ1v) is 10.4. The molecule has 2 aromatic carbocycles. The lowest BCUT2D eigenvalue weighted by Crippen LogP contribution is -2.40. The summed E-state index contributed by atoms with van der Waals surface area (Å²) in [6.07, 6.45) is 4.79. The Labute approximate surface area is 172 Å². The molecule has 0 aromatic heterocycles. The van der Waals surface area contributed by atoms with Gasteiger partial charge in [0.1, 0.15) is 0 Å². The second-order valence-electron chi connectivity index (χ2n) is 7.51. The number of ether oxygens (including phenoxy) is 2. The molecule has 2 aliphatic heterocycles. The van der Waals surface area contributed by atoms with Crippen molar-refractivity contribution >= 4 is 11.6 Å². The molecule has 1 amide bonds. The van der Waals surface area contributed by atoms with Gasteiger partial charge in [-0.25, -0.2) is 0 Å². The summed E-state index contributed by atoms with van der Waals surface area (Å²) in [5.41, 5.74) is 2.10. The van der Waals surface area contributed by atoms with Crippen LogP contribution in [0.2, 0.25) is 0 Å². The number of likely N-dealkylation sites (tertiary alicyclic amines) is 1. The Hall–Kier alpha value is -2.79. The zero-order valence-corrected chi connectivity index (χ0v) is 16.8. The van der Waals surface area contributed by atoms with Gasteiger partial charge in [-0.05, 0) is 49.2 Å². The van der Waals surface area contributed by atoms with Crippen molar-refractivity contribution in [2.24, 2.45) is 0 Å². The largest absolute Gasteiger partial charge is 0.490 e. The molecule has 1 atom stereocenters. The molecule has 2 aliphatic rings. The molecule has 1 unspecified atom stereocenters. The maximum atomic E-state index is 13.1. The minimum Gasteiger partial charge on any atom is -0.490 e. The maximum Gasteiger partial charge on any atom is 0.241 e. The van der Waals surface area contributed by atoms with E-state index in [0.29, 0.717) is 26.3 Å². The molecule has 0 saturated carbocycles. The van der Waals surface area contributed by atoms with Crippen molar-refractivity contribution in [3.8, 4) is 11.5 Å². The molecule has 0 spiro atoms. The second kappa shape index (κ2) is 9.14. The van der Waals surface area contributed by atoms with E-state index in [1.807, 2.05) is 36.4 Å². The van der Waals surface area contributed by atoms with Crippen molar-refractivity contribution in [3.05, 3.63) is 66.7 Å². The number of rotatable bonds is 6. The number of amides is 1. The van der Waals surface area contributed by atoms with Crippen LogP contribution in [0.3, 0.4) is 0 Å². The Morgan fingerprint density at radius 2 is 1.90 bits per heavy atom. The molecule has 0 radical (unpaired) electrons. The van der Waals surface area contributed by atoms with Gasteiger partial charge in [0, 0.05) is 24.7 Å². The standard InChI is InChI=1S/C24H28N2O3/c1-2-13-26(20-8-4-3-5-9-20)24(27)18-25-14-6-10-21(25)19-11-12-22-23(17-19)29-16-7-15-28-22/h2-5,8-9,11-12,17,21H,1,6-7,10,13-16,18H2. The molecule has 5 heteroatoms. The highest BCUT2D eigenvalue weighted by molar-refractivity contribution is 5.95. The molecular formula is C24H28N2O3. The van der Waals surface area contributed by atoms with Crippen molar-refractivity contribution in [1.29, 1.82) is 0 Å². The number of hydrogen-bond acceptors (Lipinski definition) is 4. The van der Waals surface area contributed by atoms with E-state index in [-0.39, 0.29) is 11.9 Å². The zero-order valence-electron chi connectivity index (χ0n) is 16.8. The summed E-state index contributed by atoms with van der Waals surface area (Å²) < 4.78 is 11.6. The molecular weight excluding hydrogens is 364 g/mol. The van der Waals surface area contributed by atoms with Gasteiger partial charge in [-0.15, -0.1) is 6.58 Å². The number of carbonyl (C=O) groups excluding carboxylic acids is 1. The quantitative estimate of drug-likeness (QED) is 0.691. The fraction of sp³-hybridized carbons (Fsp3) is 0.375. The summed E-state index contributed by atoms with van der Waals surface area (Å²) in [7, 11) is 0. The Bertz CT molecular complexity index is 852. The van der Waals surface area contributed by atoms with Crippen LogP contribution < -0.4 is 14.4 Å². The summed E-state index contributed by atoms with van der Waals surface area (Å²) in [6, 6.07) is 16.2. The smallest absolute Gasteiger partial charge is 0.241 e. The van der Waals surface area contributed by atoms with Crippen LogP contribution in [0.4, 0.5) is 5.69 Å². The van der Waals surface area contributed by atoms with Crippen LogP contribution in [-0.4, -0.2) is 43.7 Å². The van der Waals surface area contributed by atoms with Crippen LogP contribution in [0.1, 0.15) is 30.9 Å². The Morgan fingerprint density at radius 1 is 1.10 bits per heavy atom. The number of nitrogens with zero attached hydrogens (tertiary/aromatic N) is 2. The average Bonchev–Trinajstić information content (AvgIpc) is 3.07. The van der Waals surface area contributed by atoms with Crippen LogP contribution in [0.5, 0.6) is 11.5 Å². The van der Waals surface area contributed by atoms with Gasteiger partial charge in [0.2, 0.25) is 5.91 Å². The highest BCUT2D eigenvalue weighted by Gasteiger charge is 2.30. The minimum absolute atomic E-state index is 0.0948. The van der Waals surface area contributed by atoms with Crippen molar-refractivity contribution in [1.82, 2.24) is 4.90 Å². The maximum absolute atomic E-state index is 13.1. The topological polar surface area (TPSA) is 42.0 Å². The third-order valence-corrected chi connectivity index (χ3v) is 5.54. The van der Waals surface area contributed by atoms with Gasteiger partial charge in [0.05, 0.1) is 19.8 Å². The minimum atomic E-state index is 0.0948. The lowest BCUT2D eigenvalue weighted by molar-refractivity contribution is -0.119. The third-order valence-electron chi connectivity index (χ3n) is 5.54. The van der Waals surface area contributed by atoms with E-state index in [1.165, 1.54) is 5.56 Å². The number of benzene rings is 2. The lowest BCUT2D eigenvalue weighted by atomic mass is 10.0. The Morgan fingerprint density at radius 3 is 2.69 bits per heavy atom. The van der Waals surface area contributed by atoms with E-state index in [4.69, 9.17) is 9.47 Å². The van der Waals surface area contributed by atoms with Crippen LogP contribution >= 0.6 is 0 Å². The normalized spacial score (nSPS) is 18.8. The summed E-state index contributed by atoms with van der Waals surface area (Å²) in [6.45, 7) is 7.00. The van der Waals surface area contributed by atoms with E-state index < -0.39 is 0 Å². The van der Waals surface area contributed by atoms with Crippen LogP contribution in [0.15, 0.2) is 61.2 Å². The molecule has 1 fully saturated rings. The van der Waals surface area contributed by atoms with Crippen LogP contribution in [-0.2, 0) is 4.79 Å². The molecule has 4 rings (SSSR count). The van der Waals surface area contributed by atoms with E-state index in [1.54, 1.807) is 11.0 Å². The first kappa shape index (κ1) is 19.5. The van der Waals surface area contributed by atoms with Gasteiger partial charge in [-0.3, -0.25) is 9.69 Å². The highest BCUT2D eigenvalue weighted by atomic mass is 16.5. The summed E-state index contributed by atoms with van der Waals surface area (Å²) in [4.78, 5) is 17.2. The van der Waals surface area contributed by atoms with E-state index >= 15 is 0 Å². The third kappa shape index (κ3) is 4.46. The van der Waals surface area contributed by atoms with Gasteiger partial charge in [-0.2, -0.15) is 0 Å². The molecule has 0 bridgehead atoms. The fourth-order valence-electron chi connectivity index (χ4n) is 4.13. The summed E-state index contributed by atoms with van der Waals surface area (Å²) in [5.74, 6) is 1.72. The fourth-order valence-corrected chi connectivity index (χ4v) is 4.13. The molecule has 1 saturated heterocycles. The molecule has 152 valence electrons. The van der Waals surface area contributed by atoms with Crippen molar-refractivity contribution in [2.45, 2.75) is 25.3 Å². The van der Waals surface area contributed by atoms with E-state index in [9.17, 15) is 4.79 Å². The van der Waals surface area contributed by atoms with Gasteiger partial charge < -0.3 is 14.4 Å². The first-order chi connectivity index (χ1) is 14.3. The summed E-state index contributed by atoms with van der Waals surface area (Å²) in [5, 5.41) is 0. The van der Waals surface area contributed by atoms with Crippen LogP contribution in [0.25, 0.3) is 0 Å². The number of para-hydroxylation sites is 1. The second-order valence-corrected chi connectivity index (χ2v) is 7.51. The van der Waals surface area contributed by atoms with Crippen LogP contribution in [0, 0.1) is 0 Å². The molecule has 29 heavy (non-hydrogen) atoms. The van der Waals surface area contributed by atoms with Gasteiger partial charge in [0.15, 0.2) is 11.5 Å². The predicted octanol–water partition coefficient (Wildman–Crippen LogP) is 4.20. The van der Waals surface area contributed by atoms with Gasteiger partial charge >= 0.3 is 0 Å². The van der Waals surface area contributed by atoms with Crippen molar-refractivity contribution < 1.29 is 14.3 Å². The van der Waals surface area contributed by atoms with E-state index in [0.717, 1.165) is 43.0 Å².